The number of aromatic nitrogens is 2. The van der Waals surface area contributed by atoms with E-state index >= 15 is 0 Å². The summed E-state index contributed by atoms with van der Waals surface area (Å²) in [6.45, 7) is 3.06. The first-order chi connectivity index (χ1) is 15.7. The highest BCUT2D eigenvalue weighted by molar-refractivity contribution is 6.00. The van der Waals surface area contributed by atoms with Gasteiger partial charge >= 0.3 is 0 Å². The van der Waals surface area contributed by atoms with Gasteiger partial charge in [0.1, 0.15) is 5.75 Å². The third kappa shape index (κ3) is 3.72. The summed E-state index contributed by atoms with van der Waals surface area (Å²) in [6, 6.07) is 11.6. The SMILES string of the molecule is COc1ccccc1C(=O)N1CCC(c2ccn3ncc(C(=O)N4CCCC4)c3c2)CC1. The lowest BCUT2D eigenvalue weighted by Gasteiger charge is -2.32. The number of methoxy groups -OCH3 is 1. The Morgan fingerprint density at radius 1 is 0.938 bits per heavy atom. The number of carbonyl (C=O) groups is 2. The van der Waals surface area contributed by atoms with Crippen LogP contribution in [0.25, 0.3) is 5.52 Å². The van der Waals surface area contributed by atoms with Crippen molar-refractivity contribution in [1.82, 2.24) is 19.4 Å². The zero-order chi connectivity index (χ0) is 22.1. The number of fused-ring (bicyclic) bond motifs is 1. The van der Waals surface area contributed by atoms with Gasteiger partial charge in [-0.1, -0.05) is 12.1 Å². The smallest absolute Gasteiger partial charge is 0.257 e. The summed E-state index contributed by atoms with van der Waals surface area (Å²) in [5, 5.41) is 4.39. The molecular weight excluding hydrogens is 404 g/mol. The van der Waals surface area contributed by atoms with Gasteiger partial charge in [-0.05, 0) is 61.4 Å². The van der Waals surface area contributed by atoms with Crippen molar-refractivity contribution in [1.29, 1.82) is 0 Å². The Kier molecular flexibility index (Phi) is 5.55. The third-order valence-corrected chi connectivity index (χ3v) is 6.76. The van der Waals surface area contributed by atoms with Gasteiger partial charge in [0.05, 0.1) is 30.0 Å². The average Bonchev–Trinajstić information content (AvgIpc) is 3.53. The molecule has 0 bridgehead atoms. The lowest BCUT2D eigenvalue weighted by Crippen LogP contribution is -2.38. The van der Waals surface area contributed by atoms with E-state index in [0.717, 1.165) is 44.3 Å². The van der Waals surface area contributed by atoms with E-state index in [0.29, 0.717) is 35.9 Å². The molecule has 2 aromatic heterocycles. The number of pyridine rings is 1. The molecule has 0 aliphatic carbocycles. The summed E-state index contributed by atoms with van der Waals surface area (Å²) in [5.74, 6) is 1.06. The van der Waals surface area contributed by atoms with Crippen LogP contribution in [-0.2, 0) is 0 Å². The number of benzene rings is 1. The van der Waals surface area contributed by atoms with Crippen LogP contribution in [0.1, 0.15) is 57.9 Å². The summed E-state index contributed by atoms with van der Waals surface area (Å²) < 4.78 is 7.15. The monoisotopic (exact) mass is 432 g/mol. The minimum atomic E-state index is 0.0191. The number of amides is 2. The Bertz CT molecular complexity index is 1140. The summed E-state index contributed by atoms with van der Waals surface area (Å²) in [7, 11) is 1.59. The fourth-order valence-electron chi connectivity index (χ4n) is 4.91. The number of ether oxygens (including phenoxy) is 1. The van der Waals surface area contributed by atoms with Gasteiger partial charge in [0.25, 0.3) is 11.8 Å². The van der Waals surface area contributed by atoms with E-state index in [4.69, 9.17) is 4.74 Å². The molecule has 0 saturated carbocycles. The number of hydrogen-bond acceptors (Lipinski definition) is 4. The number of carbonyl (C=O) groups excluding carboxylic acids is 2. The van der Waals surface area contributed by atoms with Crippen molar-refractivity contribution in [3.8, 4) is 5.75 Å². The van der Waals surface area contributed by atoms with Gasteiger partial charge in [-0.15, -0.1) is 0 Å². The van der Waals surface area contributed by atoms with Crippen molar-refractivity contribution in [3.63, 3.8) is 0 Å². The average molecular weight is 433 g/mol. The molecule has 4 heterocycles. The molecule has 1 aromatic carbocycles. The van der Waals surface area contributed by atoms with Crippen LogP contribution in [-0.4, -0.2) is 64.5 Å². The van der Waals surface area contributed by atoms with Crippen LogP contribution in [0.3, 0.4) is 0 Å². The van der Waals surface area contributed by atoms with Gasteiger partial charge in [-0.2, -0.15) is 5.10 Å². The Morgan fingerprint density at radius 2 is 1.62 bits per heavy atom. The number of hydrogen-bond donors (Lipinski definition) is 0. The number of rotatable bonds is 4. The quantitative estimate of drug-likeness (QED) is 0.632. The molecule has 3 aromatic rings. The maximum absolute atomic E-state index is 13.0. The lowest BCUT2D eigenvalue weighted by molar-refractivity contribution is 0.0709. The van der Waals surface area contributed by atoms with Gasteiger partial charge in [0, 0.05) is 32.4 Å². The highest BCUT2D eigenvalue weighted by Crippen LogP contribution is 2.31. The van der Waals surface area contributed by atoms with Crippen LogP contribution in [0.2, 0.25) is 0 Å². The lowest BCUT2D eigenvalue weighted by atomic mass is 9.89. The maximum Gasteiger partial charge on any atom is 0.257 e. The van der Waals surface area contributed by atoms with E-state index in [1.54, 1.807) is 17.8 Å². The third-order valence-electron chi connectivity index (χ3n) is 6.76. The molecule has 2 aliphatic heterocycles. The molecule has 0 spiro atoms. The topological polar surface area (TPSA) is 67.2 Å². The molecule has 5 rings (SSSR count). The predicted octanol–water partition coefficient (Wildman–Crippen LogP) is 3.60. The Balaban J connectivity index is 1.31. The highest BCUT2D eigenvalue weighted by Gasteiger charge is 2.27. The number of likely N-dealkylation sites (tertiary alicyclic amines) is 2. The first-order valence-corrected chi connectivity index (χ1v) is 11.3. The normalized spacial score (nSPS) is 17.2. The number of nitrogens with zero attached hydrogens (tertiary/aromatic N) is 4. The van der Waals surface area contributed by atoms with Crippen molar-refractivity contribution in [2.24, 2.45) is 0 Å². The van der Waals surface area contributed by atoms with E-state index in [2.05, 4.69) is 17.2 Å². The number of para-hydroxylation sites is 1. The molecule has 0 radical (unpaired) electrons. The van der Waals surface area contributed by atoms with Gasteiger partial charge in [0.15, 0.2) is 0 Å². The van der Waals surface area contributed by atoms with E-state index in [1.165, 1.54) is 5.56 Å². The fraction of sp³-hybridized carbons (Fsp3) is 0.400. The second kappa shape index (κ2) is 8.65. The molecule has 2 saturated heterocycles. The van der Waals surface area contributed by atoms with Crippen LogP contribution >= 0.6 is 0 Å². The standard InChI is InChI=1S/C25H28N4O3/c1-32-23-7-3-2-6-20(23)24(30)28-13-8-18(9-14-28)19-10-15-29-22(16-19)21(17-26-29)25(31)27-11-4-5-12-27/h2-3,6-7,10,15-18H,4-5,8-9,11-14H2,1H3. The molecule has 32 heavy (non-hydrogen) atoms. The molecule has 166 valence electrons. The molecule has 0 unspecified atom stereocenters. The molecular formula is C25H28N4O3. The van der Waals surface area contributed by atoms with Crippen molar-refractivity contribution in [2.75, 3.05) is 33.3 Å². The summed E-state index contributed by atoms with van der Waals surface area (Å²) in [4.78, 5) is 29.8. The van der Waals surface area contributed by atoms with Crippen molar-refractivity contribution in [2.45, 2.75) is 31.6 Å². The van der Waals surface area contributed by atoms with Crippen molar-refractivity contribution < 1.29 is 14.3 Å². The second-order valence-electron chi connectivity index (χ2n) is 8.61. The van der Waals surface area contributed by atoms with Crippen LogP contribution in [0.4, 0.5) is 0 Å². The van der Waals surface area contributed by atoms with Crippen LogP contribution < -0.4 is 4.74 Å². The summed E-state index contributed by atoms with van der Waals surface area (Å²) in [6.07, 6.45) is 7.55. The van der Waals surface area contributed by atoms with Gasteiger partial charge in [-0.25, -0.2) is 4.52 Å². The Morgan fingerprint density at radius 3 is 2.38 bits per heavy atom. The molecule has 2 aliphatic rings. The Hall–Kier alpha value is -3.35. The van der Waals surface area contributed by atoms with Crippen LogP contribution in [0.5, 0.6) is 5.75 Å². The minimum Gasteiger partial charge on any atom is -0.496 e. The second-order valence-corrected chi connectivity index (χ2v) is 8.61. The fourth-order valence-corrected chi connectivity index (χ4v) is 4.91. The van der Waals surface area contributed by atoms with E-state index in [-0.39, 0.29) is 11.8 Å². The summed E-state index contributed by atoms with van der Waals surface area (Å²) in [5.41, 5.74) is 3.36. The first kappa shape index (κ1) is 20.5. The van der Waals surface area contributed by atoms with Gasteiger partial charge in [0.2, 0.25) is 0 Å². The zero-order valence-corrected chi connectivity index (χ0v) is 18.4. The molecule has 2 fully saturated rings. The summed E-state index contributed by atoms with van der Waals surface area (Å²) >= 11 is 0. The van der Waals surface area contributed by atoms with Crippen molar-refractivity contribution >= 4 is 17.3 Å². The minimum absolute atomic E-state index is 0.0191. The zero-order valence-electron chi connectivity index (χ0n) is 18.4. The van der Waals surface area contributed by atoms with E-state index in [9.17, 15) is 9.59 Å². The predicted molar refractivity (Wildman–Crippen MR) is 121 cm³/mol. The van der Waals surface area contributed by atoms with Crippen LogP contribution in [0, 0.1) is 0 Å². The molecule has 2 amide bonds. The molecule has 7 heteroatoms. The first-order valence-electron chi connectivity index (χ1n) is 11.3. The molecule has 7 nitrogen and oxygen atoms in total. The number of piperidine rings is 1. The van der Waals surface area contributed by atoms with E-state index < -0.39 is 0 Å². The van der Waals surface area contributed by atoms with Gasteiger partial charge < -0.3 is 14.5 Å². The van der Waals surface area contributed by atoms with Gasteiger partial charge in [-0.3, -0.25) is 9.59 Å². The highest BCUT2D eigenvalue weighted by atomic mass is 16.5. The van der Waals surface area contributed by atoms with E-state index in [1.807, 2.05) is 40.3 Å². The van der Waals surface area contributed by atoms with Crippen molar-refractivity contribution in [3.05, 3.63) is 65.5 Å². The largest absolute Gasteiger partial charge is 0.496 e. The van der Waals surface area contributed by atoms with Crippen LogP contribution in [0.15, 0.2) is 48.8 Å². The maximum atomic E-state index is 13.0. The molecule has 0 N–H and O–H groups in total. The molecule has 0 atom stereocenters. The Labute approximate surface area is 187 Å².